The summed E-state index contributed by atoms with van der Waals surface area (Å²) in [6, 6.07) is 0. The lowest BCUT2D eigenvalue weighted by atomic mass is 9.87. The number of nitrogens with two attached hydrogens (primary N) is 1. The Morgan fingerprint density at radius 2 is 2.41 bits per heavy atom. The maximum Gasteiger partial charge on any atom is 0.188 e. The lowest BCUT2D eigenvalue weighted by Crippen LogP contribution is -2.37. The Balaban J connectivity index is 2.44. The van der Waals surface area contributed by atoms with Crippen molar-refractivity contribution >= 4 is 5.96 Å². The lowest BCUT2D eigenvalue weighted by molar-refractivity contribution is -0.0491. The van der Waals surface area contributed by atoms with Gasteiger partial charge in [0.2, 0.25) is 0 Å². The molecule has 3 N–H and O–H groups in total. The van der Waals surface area contributed by atoms with Crippen LogP contribution < -0.4 is 11.1 Å². The first-order valence-electron chi connectivity index (χ1n) is 6.41. The first-order chi connectivity index (χ1) is 8.15. The van der Waals surface area contributed by atoms with E-state index in [4.69, 9.17) is 10.5 Å². The van der Waals surface area contributed by atoms with E-state index < -0.39 is 0 Å². The number of ether oxygens (including phenoxy) is 1. The van der Waals surface area contributed by atoms with Gasteiger partial charge in [-0.05, 0) is 18.8 Å². The number of hydrogen-bond donors (Lipinski definition) is 2. The van der Waals surface area contributed by atoms with Crippen molar-refractivity contribution in [3.05, 3.63) is 12.7 Å². The van der Waals surface area contributed by atoms with E-state index in [1.807, 2.05) is 0 Å². The molecule has 0 aromatic rings. The van der Waals surface area contributed by atoms with Crippen LogP contribution in [0.15, 0.2) is 17.6 Å². The molecule has 0 saturated carbocycles. The van der Waals surface area contributed by atoms with Crippen LogP contribution in [0.3, 0.4) is 0 Å². The number of rotatable bonds is 5. The molecule has 1 fully saturated rings. The van der Waals surface area contributed by atoms with Gasteiger partial charge in [-0.15, -0.1) is 6.58 Å². The van der Waals surface area contributed by atoms with Gasteiger partial charge >= 0.3 is 0 Å². The summed E-state index contributed by atoms with van der Waals surface area (Å²) in [4.78, 5) is 4.37. The SMILES string of the molecule is C=CCNC(N)=NCC1CCCOC1C(C)C. The van der Waals surface area contributed by atoms with Crippen LogP contribution in [0.2, 0.25) is 0 Å². The van der Waals surface area contributed by atoms with E-state index in [2.05, 4.69) is 30.7 Å². The van der Waals surface area contributed by atoms with E-state index in [9.17, 15) is 0 Å². The quantitative estimate of drug-likeness (QED) is 0.434. The number of aliphatic imine (C=N–C) groups is 1. The van der Waals surface area contributed by atoms with Gasteiger partial charge in [-0.1, -0.05) is 19.9 Å². The summed E-state index contributed by atoms with van der Waals surface area (Å²) in [7, 11) is 0. The minimum Gasteiger partial charge on any atom is -0.378 e. The predicted octanol–water partition coefficient (Wildman–Crippen LogP) is 1.53. The predicted molar refractivity (Wildman–Crippen MR) is 72.0 cm³/mol. The first kappa shape index (κ1) is 14.0. The summed E-state index contributed by atoms with van der Waals surface area (Å²) in [5.74, 6) is 1.53. The van der Waals surface area contributed by atoms with Crippen molar-refractivity contribution < 1.29 is 4.74 Å². The molecule has 0 amide bonds. The van der Waals surface area contributed by atoms with Crippen molar-refractivity contribution in [3.8, 4) is 0 Å². The average Bonchev–Trinajstić information content (AvgIpc) is 2.34. The third-order valence-electron chi connectivity index (χ3n) is 3.07. The standard InChI is InChI=1S/C13H25N3O/c1-4-7-15-13(14)16-9-11-6-5-8-17-12(11)10(2)3/h4,10-12H,1,5-9H2,2-3H3,(H3,14,15,16). The molecule has 0 radical (unpaired) electrons. The van der Waals surface area contributed by atoms with Crippen molar-refractivity contribution in [1.29, 1.82) is 0 Å². The molecular weight excluding hydrogens is 214 g/mol. The molecule has 0 aromatic carbocycles. The van der Waals surface area contributed by atoms with Crippen LogP contribution in [0.5, 0.6) is 0 Å². The zero-order chi connectivity index (χ0) is 12.7. The van der Waals surface area contributed by atoms with Crippen LogP contribution in [-0.2, 0) is 4.74 Å². The van der Waals surface area contributed by atoms with E-state index >= 15 is 0 Å². The average molecular weight is 239 g/mol. The lowest BCUT2D eigenvalue weighted by Gasteiger charge is -2.33. The molecular formula is C13H25N3O. The third-order valence-corrected chi connectivity index (χ3v) is 3.07. The highest BCUT2D eigenvalue weighted by Gasteiger charge is 2.28. The maximum absolute atomic E-state index is 5.82. The highest BCUT2D eigenvalue weighted by Crippen LogP contribution is 2.26. The largest absolute Gasteiger partial charge is 0.378 e. The minimum atomic E-state index is 0.319. The fourth-order valence-electron chi connectivity index (χ4n) is 2.25. The van der Waals surface area contributed by atoms with Gasteiger partial charge in [0.25, 0.3) is 0 Å². The Bertz CT molecular complexity index is 263. The minimum absolute atomic E-state index is 0.319. The molecule has 1 heterocycles. The Hall–Kier alpha value is -1.03. The molecule has 2 atom stereocenters. The Morgan fingerprint density at radius 3 is 3.06 bits per heavy atom. The van der Waals surface area contributed by atoms with E-state index in [-0.39, 0.29) is 0 Å². The molecule has 2 unspecified atom stereocenters. The first-order valence-corrected chi connectivity index (χ1v) is 6.41. The van der Waals surface area contributed by atoms with E-state index in [1.165, 1.54) is 6.42 Å². The van der Waals surface area contributed by atoms with Crippen LogP contribution >= 0.6 is 0 Å². The number of nitrogens with zero attached hydrogens (tertiary/aromatic N) is 1. The van der Waals surface area contributed by atoms with Gasteiger partial charge in [-0.25, -0.2) is 0 Å². The van der Waals surface area contributed by atoms with Crippen LogP contribution in [0.1, 0.15) is 26.7 Å². The second-order valence-electron chi connectivity index (χ2n) is 4.88. The Labute approximate surface area is 104 Å². The second kappa shape index (κ2) is 7.33. The van der Waals surface area contributed by atoms with Crippen molar-refractivity contribution in [3.63, 3.8) is 0 Å². The highest BCUT2D eigenvalue weighted by molar-refractivity contribution is 5.77. The Kier molecular flexibility index (Phi) is 6.05. The summed E-state index contributed by atoms with van der Waals surface area (Å²) in [5.41, 5.74) is 5.75. The van der Waals surface area contributed by atoms with Gasteiger partial charge in [-0.2, -0.15) is 0 Å². The van der Waals surface area contributed by atoms with Crippen LogP contribution in [0.25, 0.3) is 0 Å². The van der Waals surface area contributed by atoms with E-state index in [0.29, 0.717) is 30.4 Å². The van der Waals surface area contributed by atoms with Crippen molar-refractivity contribution in [1.82, 2.24) is 5.32 Å². The third kappa shape index (κ3) is 4.77. The van der Waals surface area contributed by atoms with Crippen molar-refractivity contribution in [2.24, 2.45) is 22.6 Å². The van der Waals surface area contributed by atoms with E-state index in [1.54, 1.807) is 6.08 Å². The summed E-state index contributed by atoms with van der Waals surface area (Å²) in [6.45, 7) is 10.3. The van der Waals surface area contributed by atoms with Gasteiger partial charge in [0.1, 0.15) is 0 Å². The monoisotopic (exact) mass is 239 g/mol. The summed E-state index contributed by atoms with van der Waals surface area (Å²) in [5, 5.41) is 2.98. The molecule has 0 aliphatic carbocycles. The van der Waals surface area contributed by atoms with Crippen LogP contribution in [-0.4, -0.2) is 31.8 Å². The van der Waals surface area contributed by atoms with Gasteiger partial charge in [-0.3, -0.25) is 4.99 Å². The van der Waals surface area contributed by atoms with Gasteiger partial charge in [0.15, 0.2) is 5.96 Å². The van der Waals surface area contributed by atoms with Crippen LogP contribution in [0.4, 0.5) is 0 Å². The topological polar surface area (TPSA) is 59.6 Å². The Morgan fingerprint density at radius 1 is 1.65 bits per heavy atom. The number of nitrogens with one attached hydrogen (secondary N) is 1. The van der Waals surface area contributed by atoms with Crippen molar-refractivity contribution in [2.45, 2.75) is 32.8 Å². The maximum atomic E-state index is 5.82. The molecule has 1 rings (SSSR count). The molecule has 4 heteroatoms. The highest BCUT2D eigenvalue weighted by atomic mass is 16.5. The number of guanidine groups is 1. The molecule has 17 heavy (non-hydrogen) atoms. The van der Waals surface area contributed by atoms with Gasteiger partial charge in [0.05, 0.1) is 6.10 Å². The molecule has 1 saturated heterocycles. The summed E-state index contributed by atoms with van der Waals surface area (Å²) < 4.78 is 5.82. The molecule has 1 aliphatic heterocycles. The molecule has 0 aromatic heterocycles. The second-order valence-corrected chi connectivity index (χ2v) is 4.88. The normalized spacial score (nSPS) is 25.9. The molecule has 98 valence electrons. The molecule has 1 aliphatic rings. The van der Waals surface area contributed by atoms with Gasteiger partial charge in [0, 0.05) is 25.6 Å². The fourth-order valence-corrected chi connectivity index (χ4v) is 2.25. The molecule has 0 bridgehead atoms. The fraction of sp³-hybridized carbons (Fsp3) is 0.769. The summed E-state index contributed by atoms with van der Waals surface area (Å²) in [6.07, 6.45) is 4.40. The zero-order valence-corrected chi connectivity index (χ0v) is 11.0. The summed E-state index contributed by atoms with van der Waals surface area (Å²) >= 11 is 0. The number of hydrogen-bond acceptors (Lipinski definition) is 2. The zero-order valence-electron chi connectivity index (χ0n) is 11.0. The van der Waals surface area contributed by atoms with Crippen molar-refractivity contribution in [2.75, 3.05) is 19.7 Å². The molecule has 4 nitrogen and oxygen atoms in total. The van der Waals surface area contributed by atoms with Gasteiger partial charge < -0.3 is 15.8 Å². The smallest absolute Gasteiger partial charge is 0.188 e. The molecule has 0 spiro atoms. The van der Waals surface area contributed by atoms with E-state index in [0.717, 1.165) is 19.6 Å². The van der Waals surface area contributed by atoms with Crippen LogP contribution in [0, 0.1) is 11.8 Å².